The van der Waals surface area contributed by atoms with Crippen molar-refractivity contribution in [3.63, 3.8) is 0 Å². The van der Waals surface area contributed by atoms with Crippen LogP contribution in [0.3, 0.4) is 0 Å². The lowest BCUT2D eigenvalue weighted by Gasteiger charge is -2.16. The van der Waals surface area contributed by atoms with Gasteiger partial charge < -0.3 is 15.4 Å². The summed E-state index contributed by atoms with van der Waals surface area (Å²) >= 11 is 0. The molecule has 0 aliphatic heterocycles. The number of amides is 1. The minimum absolute atomic E-state index is 0.131. The molecule has 26 heavy (non-hydrogen) atoms. The first-order chi connectivity index (χ1) is 12.6. The van der Waals surface area contributed by atoms with Crippen molar-refractivity contribution in [3.8, 4) is 5.75 Å². The van der Waals surface area contributed by atoms with E-state index in [1.165, 1.54) is 5.56 Å². The standard InChI is InChI=1S/C21H20N2O3/c24-16-8-9-17-13(11-16)5-3-6-18(17)21(26)22-12-15-10-14-4-1-2-7-19(14)23-20(15)25/h3,5-6,8-11,24H,1-2,4,7,12H2,(H,22,26)(H,23,25). The number of pyridine rings is 1. The summed E-state index contributed by atoms with van der Waals surface area (Å²) in [4.78, 5) is 27.8. The summed E-state index contributed by atoms with van der Waals surface area (Å²) in [5.41, 5.74) is 3.19. The maximum atomic E-state index is 12.6. The Morgan fingerprint density at radius 1 is 1.12 bits per heavy atom. The third-order valence-electron chi connectivity index (χ3n) is 4.96. The molecule has 3 N–H and O–H groups in total. The number of phenolic OH excluding ortho intramolecular Hbond substituents is 1. The van der Waals surface area contributed by atoms with Crippen molar-refractivity contribution in [2.24, 2.45) is 0 Å². The maximum Gasteiger partial charge on any atom is 0.253 e. The number of nitrogens with one attached hydrogen (secondary N) is 2. The van der Waals surface area contributed by atoms with Crippen molar-refractivity contribution in [2.45, 2.75) is 32.2 Å². The van der Waals surface area contributed by atoms with Crippen molar-refractivity contribution in [3.05, 3.63) is 75.2 Å². The van der Waals surface area contributed by atoms with Gasteiger partial charge in [0, 0.05) is 23.4 Å². The Bertz CT molecular complexity index is 1050. The lowest BCUT2D eigenvalue weighted by Crippen LogP contribution is -2.28. The first-order valence-corrected chi connectivity index (χ1v) is 8.86. The number of aromatic nitrogens is 1. The number of phenols is 1. The first-order valence-electron chi connectivity index (χ1n) is 8.86. The van der Waals surface area contributed by atoms with Crippen LogP contribution >= 0.6 is 0 Å². The van der Waals surface area contributed by atoms with E-state index < -0.39 is 0 Å². The van der Waals surface area contributed by atoms with Crippen LogP contribution in [-0.4, -0.2) is 16.0 Å². The fourth-order valence-corrected chi connectivity index (χ4v) is 3.60. The zero-order valence-corrected chi connectivity index (χ0v) is 14.3. The van der Waals surface area contributed by atoms with Gasteiger partial charge in [-0.3, -0.25) is 9.59 Å². The average molecular weight is 348 g/mol. The number of H-pyrrole nitrogens is 1. The number of aromatic amines is 1. The van der Waals surface area contributed by atoms with Gasteiger partial charge in [-0.05, 0) is 72.4 Å². The van der Waals surface area contributed by atoms with Gasteiger partial charge in [0.05, 0.1) is 0 Å². The Labute approximate surface area is 150 Å². The van der Waals surface area contributed by atoms with Crippen LogP contribution in [0.25, 0.3) is 10.8 Å². The molecule has 2 aromatic carbocycles. The number of hydrogen-bond acceptors (Lipinski definition) is 3. The highest BCUT2D eigenvalue weighted by molar-refractivity contribution is 6.07. The highest BCUT2D eigenvalue weighted by Crippen LogP contribution is 2.23. The summed E-state index contributed by atoms with van der Waals surface area (Å²) in [5, 5.41) is 14.0. The molecular weight excluding hydrogens is 328 g/mol. The molecule has 1 heterocycles. The van der Waals surface area contributed by atoms with E-state index in [1.54, 1.807) is 30.3 Å². The number of rotatable bonds is 3. The predicted molar refractivity (Wildman–Crippen MR) is 100 cm³/mol. The van der Waals surface area contributed by atoms with Crippen molar-refractivity contribution >= 4 is 16.7 Å². The fraction of sp³-hybridized carbons (Fsp3) is 0.238. The summed E-state index contributed by atoms with van der Waals surface area (Å²) in [7, 11) is 0. The van der Waals surface area contributed by atoms with Crippen LogP contribution in [0, 0.1) is 0 Å². The number of carbonyl (C=O) groups is 1. The number of aryl methyl sites for hydroxylation is 2. The van der Waals surface area contributed by atoms with Crippen LogP contribution in [-0.2, 0) is 19.4 Å². The largest absolute Gasteiger partial charge is 0.508 e. The minimum atomic E-state index is -0.238. The number of aromatic hydroxyl groups is 1. The van der Waals surface area contributed by atoms with Gasteiger partial charge in [-0.15, -0.1) is 0 Å². The molecule has 0 spiro atoms. The normalized spacial score (nSPS) is 13.4. The third-order valence-corrected chi connectivity index (χ3v) is 4.96. The van der Waals surface area contributed by atoms with E-state index in [0.717, 1.165) is 42.1 Å². The molecule has 5 heteroatoms. The third kappa shape index (κ3) is 3.08. The van der Waals surface area contributed by atoms with E-state index in [4.69, 9.17) is 0 Å². The highest BCUT2D eigenvalue weighted by Gasteiger charge is 2.14. The molecule has 1 aromatic heterocycles. The smallest absolute Gasteiger partial charge is 0.253 e. The molecule has 132 valence electrons. The molecule has 0 fully saturated rings. The van der Waals surface area contributed by atoms with Crippen LogP contribution in [0.5, 0.6) is 5.75 Å². The van der Waals surface area contributed by atoms with Crippen LogP contribution in [0.15, 0.2) is 47.3 Å². The first kappa shape index (κ1) is 16.4. The fourth-order valence-electron chi connectivity index (χ4n) is 3.60. The molecule has 1 aliphatic carbocycles. The zero-order chi connectivity index (χ0) is 18.1. The molecule has 5 nitrogen and oxygen atoms in total. The highest BCUT2D eigenvalue weighted by atomic mass is 16.3. The molecule has 0 saturated heterocycles. The van der Waals surface area contributed by atoms with Crippen LogP contribution in [0.1, 0.15) is 40.0 Å². The Hall–Kier alpha value is -3.08. The SMILES string of the molecule is O=C(NCc1cc2c([nH]c1=O)CCCC2)c1cccc2cc(O)ccc12. The molecular formula is C21H20N2O3. The van der Waals surface area contributed by atoms with E-state index in [-0.39, 0.29) is 23.8 Å². The molecule has 0 radical (unpaired) electrons. The Morgan fingerprint density at radius 2 is 1.96 bits per heavy atom. The second-order valence-corrected chi connectivity index (χ2v) is 6.73. The molecule has 0 saturated carbocycles. The monoisotopic (exact) mass is 348 g/mol. The van der Waals surface area contributed by atoms with Crippen LogP contribution < -0.4 is 10.9 Å². The lowest BCUT2D eigenvalue weighted by atomic mass is 9.95. The molecule has 3 aromatic rings. The lowest BCUT2D eigenvalue weighted by molar-refractivity contribution is 0.0952. The van der Waals surface area contributed by atoms with Crippen molar-refractivity contribution in [1.82, 2.24) is 10.3 Å². The second kappa shape index (κ2) is 6.67. The summed E-state index contributed by atoms with van der Waals surface area (Å²) in [5.74, 6) is -0.0749. The molecule has 4 rings (SSSR count). The number of carbonyl (C=O) groups excluding carboxylic acids is 1. The Kier molecular flexibility index (Phi) is 4.21. The van der Waals surface area contributed by atoms with E-state index >= 15 is 0 Å². The quantitative estimate of drug-likeness (QED) is 0.680. The predicted octanol–water partition coefficient (Wildman–Crippen LogP) is 3.04. The van der Waals surface area contributed by atoms with Gasteiger partial charge in [-0.1, -0.05) is 12.1 Å². The van der Waals surface area contributed by atoms with Gasteiger partial charge in [0.25, 0.3) is 11.5 Å². The summed E-state index contributed by atoms with van der Waals surface area (Å²) in [6, 6.07) is 12.2. The van der Waals surface area contributed by atoms with E-state index in [0.29, 0.717) is 11.1 Å². The Balaban J connectivity index is 1.57. The van der Waals surface area contributed by atoms with Gasteiger partial charge in [-0.2, -0.15) is 0 Å². The average Bonchev–Trinajstić information content (AvgIpc) is 2.65. The molecule has 0 bridgehead atoms. The zero-order valence-electron chi connectivity index (χ0n) is 14.3. The van der Waals surface area contributed by atoms with Crippen LogP contribution in [0.2, 0.25) is 0 Å². The minimum Gasteiger partial charge on any atom is -0.508 e. The number of fused-ring (bicyclic) bond motifs is 2. The van der Waals surface area contributed by atoms with Gasteiger partial charge in [0.2, 0.25) is 0 Å². The molecule has 1 aliphatic rings. The number of hydrogen-bond donors (Lipinski definition) is 3. The molecule has 0 atom stereocenters. The van der Waals surface area contributed by atoms with E-state index in [1.807, 2.05) is 12.1 Å². The van der Waals surface area contributed by atoms with Crippen molar-refractivity contribution in [2.75, 3.05) is 0 Å². The second-order valence-electron chi connectivity index (χ2n) is 6.73. The topological polar surface area (TPSA) is 82.2 Å². The molecule has 0 unspecified atom stereocenters. The van der Waals surface area contributed by atoms with Crippen LogP contribution in [0.4, 0.5) is 0 Å². The van der Waals surface area contributed by atoms with Gasteiger partial charge in [0.1, 0.15) is 5.75 Å². The summed E-state index contributed by atoms with van der Waals surface area (Å²) < 4.78 is 0. The maximum absolute atomic E-state index is 12.6. The van der Waals surface area contributed by atoms with Gasteiger partial charge in [0.15, 0.2) is 0 Å². The summed E-state index contributed by atoms with van der Waals surface area (Å²) in [6.07, 6.45) is 4.13. The number of benzene rings is 2. The van der Waals surface area contributed by atoms with Crippen molar-refractivity contribution in [1.29, 1.82) is 0 Å². The van der Waals surface area contributed by atoms with Gasteiger partial charge >= 0.3 is 0 Å². The molecule has 1 amide bonds. The van der Waals surface area contributed by atoms with E-state index in [9.17, 15) is 14.7 Å². The summed E-state index contributed by atoms with van der Waals surface area (Å²) in [6.45, 7) is 0.190. The van der Waals surface area contributed by atoms with Crippen molar-refractivity contribution < 1.29 is 9.90 Å². The van der Waals surface area contributed by atoms with E-state index in [2.05, 4.69) is 10.3 Å². The van der Waals surface area contributed by atoms with Gasteiger partial charge in [-0.25, -0.2) is 0 Å². The Morgan fingerprint density at radius 3 is 2.85 bits per heavy atom.